The molecule has 0 spiro atoms. The summed E-state index contributed by atoms with van der Waals surface area (Å²) in [6.07, 6.45) is 0. The van der Waals surface area contributed by atoms with Crippen molar-refractivity contribution in [3.8, 4) is 6.07 Å². The summed E-state index contributed by atoms with van der Waals surface area (Å²) in [5, 5.41) is 14.4. The average molecular weight is 309 g/mol. The molecule has 0 aliphatic rings. The number of carbonyl (C=O) groups excluding carboxylic acids is 2. The third-order valence-corrected chi connectivity index (χ3v) is 3.01. The molecular formula is C17H15N3O3. The van der Waals surface area contributed by atoms with Gasteiger partial charge in [-0.1, -0.05) is 12.1 Å². The van der Waals surface area contributed by atoms with Gasteiger partial charge in [0.05, 0.1) is 30.9 Å². The molecular weight excluding hydrogens is 294 g/mol. The van der Waals surface area contributed by atoms with Crippen LogP contribution in [0.4, 0.5) is 11.4 Å². The number of benzene rings is 2. The first-order chi connectivity index (χ1) is 11.1. The van der Waals surface area contributed by atoms with Crippen LogP contribution in [0.15, 0.2) is 48.5 Å². The van der Waals surface area contributed by atoms with Crippen molar-refractivity contribution in [2.24, 2.45) is 0 Å². The summed E-state index contributed by atoms with van der Waals surface area (Å²) in [6.45, 7) is 0.0390. The molecule has 0 aromatic heterocycles. The van der Waals surface area contributed by atoms with Crippen LogP contribution in [-0.4, -0.2) is 25.5 Å². The van der Waals surface area contributed by atoms with Crippen LogP contribution < -0.4 is 10.6 Å². The molecule has 0 saturated heterocycles. The summed E-state index contributed by atoms with van der Waals surface area (Å²) in [4.78, 5) is 23.4. The molecule has 6 nitrogen and oxygen atoms in total. The van der Waals surface area contributed by atoms with Crippen LogP contribution in [0.2, 0.25) is 0 Å². The molecule has 2 aromatic rings. The predicted octanol–water partition coefficient (Wildman–Crippen LogP) is 2.40. The van der Waals surface area contributed by atoms with E-state index in [1.807, 2.05) is 6.07 Å². The molecule has 1 amide bonds. The van der Waals surface area contributed by atoms with Gasteiger partial charge in [0.25, 0.3) is 0 Å². The van der Waals surface area contributed by atoms with Gasteiger partial charge < -0.3 is 15.4 Å². The van der Waals surface area contributed by atoms with Crippen molar-refractivity contribution in [2.75, 3.05) is 24.3 Å². The van der Waals surface area contributed by atoms with E-state index in [0.29, 0.717) is 22.5 Å². The van der Waals surface area contributed by atoms with Gasteiger partial charge in [-0.25, -0.2) is 4.79 Å². The van der Waals surface area contributed by atoms with Crippen molar-refractivity contribution in [3.05, 3.63) is 59.7 Å². The molecule has 0 fully saturated rings. The largest absolute Gasteiger partial charge is 0.465 e. The second-order valence-corrected chi connectivity index (χ2v) is 4.67. The monoisotopic (exact) mass is 309 g/mol. The van der Waals surface area contributed by atoms with Gasteiger partial charge in [0.2, 0.25) is 5.91 Å². The van der Waals surface area contributed by atoms with E-state index in [-0.39, 0.29) is 12.5 Å². The lowest BCUT2D eigenvalue weighted by molar-refractivity contribution is -0.114. The quantitative estimate of drug-likeness (QED) is 0.828. The minimum atomic E-state index is -0.465. The first kappa shape index (κ1) is 16.0. The zero-order valence-corrected chi connectivity index (χ0v) is 12.5. The number of carbonyl (C=O) groups is 2. The Morgan fingerprint density at radius 3 is 2.61 bits per heavy atom. The van der Waals surface area contributed by atoms with E-state index in [2.05, 4.69) is 15.4 Å². The molecule has 2 rings (SSSR count). The van der Waals surface area contributed by atoms with Crippen LogP contribution in [-0.2, 0) is 9.53 Å². The fraction of sp³-hybridized carbons (Fsp3) is 0.118. The zero-order valence-electron chi connectivity index (χ0n) is 12.5. The number of nitrogens with one attached hydrogen (secondary N) is 2. The van der Waals surface area contributed by atoms with Gasteiger partial charge in [0, 0.05) is 11.4 Å². The van der Waals surface area contributed by atoms with Crippen LogP contribution in [0.25, 0.3) is 0 Å². The Morgan fingerprint density at radius 1 is 1.13 bits per heavy atom. The van der Waals surface area contributed by atoms with Crippen LogP contribution in [0.1, 0.15) is 15.9 Å². The Bertz CT molecular complexity index is 766. The molecule has 0 aliphatic heterocycles. The van der Waals surface area contributed by atoms with E-state index in [1.165, 1.54) is 7.11 Å². The molecule has 6 heteroatoms. The van der Waals surface area contributed by atoms with E-state index in [9.17, 15) is 9.59 Å². The van der Waals surface area contributed by atoms with Gasteiger partial charge in [0.1, 0.15) is 0 Å². The van der Waals surface area contributed by atoms with Crippen molar-refractivity contribution in [2.45, 2.75) is 0 Å². The van der Waals surface area contributed by atoms with Crippen molar-refractivity contribution in [3.63, 3.8) is 0 Å². The maximum atomic E-state index is 11.9. The molecule has 0 atom stereocenters. The second-order valence-electron chi connectivity index (χ2n) is 4.67. The van der Waals surface area contributed by atoms with Gasteiger partial charge in [-0.05, 0) is 36.4 Å². The number of hydrogen-bond acceptors (Lipinski definition) is 5. The van der Waals surface area contributed by atoms with Gasteiger partial charge >= 0.3 is 5.97 Å². The maximum Gasteiger partial charge on any atom is 0.337 e. The topological polar surface area (TPSA) is 91.2 Å². The number of ether oxygens (including phenoxy) is 1. The smallest absolute Gasteiger partial charge is 0.337 e. The molecule has 23 heavy (non-hydrogen) atoms. The highest BCUT2D eigenvalue weighted by Crippen LogP contribution is 2.12. The highest BCUT2D eigenvalue weighted by Gasteiger charge is 2.07. The summed E-state index contributed by atoms with van der Waals surface area (Å²) >= 11 is 0. The van der Waals surface area contributed by atoms with Gasteiger partial charge in [0.15, 0.2) is 0 Å². The molecule has 116 valence electrons. The number of rotatable bonds is 5. The summed E-state index contributed by atoms with van der Waals surface area (Å²) in [5.41, 5.74) is 2.06. The number of nitriles is 1. The number of anilines is 2. The van der Waals surface area contributed by atoms with Gasteiger partial charge in [-0.15, -0.1) is 0 Å². The van der Waals surface area contributed by atoms with Gasteiger partial charge in [-0.3, -0.25) is 4.79 Å². The molecule has 2 aromatic carbocycles. The Morgan fingerprint density at radius 2 is 1.87 bits per heavy atom. The lowest BCUT2D eigenvalue weighted by atomic mass is 10.2. The summed E-state index contributed by atoms with van der Waals surface area (Å²) < 4.78 is 4.63. The Labute approximate surface area is 133 Å². The molecule has 0 radical (unpaired) electrons. The Hall–Kier alpha value is -3.33. The normalized spacial score (nSPS) is 9.57. The molecule has 0 bridgehead atoms. The molecule has 0 unspecified atom stereocenters. The number of hydrogen-bond donors (Lipinski definition) is 2. The molecule has 0 aliphatic carbocycles. The standard InChI is InChI=1S/C17H15N3O3/c1-23-17(22)13-5-3-7-15(9-13)20-16(21)11-19-14-6-2-4-12(8-14)10-18/h2-9,19H,11H2,1H3,(H,20,21). The van der Waals surface area contributed by atoms with E-state index < -0.39 is 5.97 Å². The predicted molar refractivity (Wildman–Crippen MR) is 86.1 cm³/mol. The number of methoxy groups -OCH3 is 1. The Kier molecular flexibility index (Phi) is 5.31. The highest BCUT2D eigenvalue weighted by molar-refractivity contribution is 5.96. The number of esters is 1. The van der Waals surface area contributed by atoms with E-state index in [1.54, 1.807) is 48.5 Å². The maximum absolute atomic E-state index is 11.9. The van der Waals surface area contributed by atoms with Crippen molar-refractivity contribution in [1.82, 2.24) is 0 Å². The third kappa shape index (κ3) is 4.58. The van der Waals surface area contributed by atoms with Crippen molar-refractivity contribution < 1.29 is 14.3 Å². The SMILES string of the molecule is COC(=O)c1cccc(NC(=O)CNc2cccc(C#N)c2)c1. The second kappa shape index (κ2) is 7.61. The van der Waals surface area contributed by atoms with Crippen LogP contribution in [0.3, 0.4) is 0 Å². The van der Waals surface area contributed by atoms with Crippen molar-refractivity contribution in [1.29, 1.82) is 5.26 Å². The highest BCUT2D eigenvalue weighted by atomic mass is 16.5. The van der Waals surface area contributed by atoms with Crippen LogP contribution in [0, 0.1) is 11.3 Å². The number of nitrogens with zero attached hydrogens (tertiary/aromatic N) is 1. The lowest BCUT2D eigenvalue weighted by Gasteiger charge is -2.09. The summed E-state index contributed by atoms with van der Waals surface area (Å²) in [6, 6.07) is 15.4. The minimum Gasteiger partial charge on any atom is -0.465 e. The summed E-state index contributed by atoms with van der Waals surface area (Å²) in [7, 11) is 1.30. The lowest BCUT2D eigenvalue weighted by Crippen LogP contribution is -2.21. The van der Waals surface area contributed by atoms with E-state index in [0.717, 1.165) is 0 Å². The average Bonchev–Trinajstić information content (AvgIpc) is 2.59. The van der Waals surface area contributed by atoms with Gasteiger partial charge in [-0.2, -0.15) is 5.26 Å². The fourth-order valence-corrected chi connectivity index (χ4v) is 1.93. The molecule has 0 heterocycles. The first-order valence-corrected chi connectivity index (χ1v) is 6.84. The minimum absolute atomic E-state index is 0.0390. The first-order valence-electron chi connectivity index (χ1n) is 6.84. The summed E-state index contributed by atoms with van der Waals surface area (Å²) in [5.74, 6) is -0.734. The van der Waals surface area contributed by atoms with Crippen LogP contribution in [0.5, 0.6) is 0 Å². The Balaban J connectivity index is 1.94. The third-order valence-electron chi connectivity index (χ3n) is 3.01. The molecule has 2 N–H and O–H groups in total. The van der Waals surface area contributed by atoms with E-state index in [4.69, 9.17) is 5.26 Å². The number of amides is 1. The fourth-order valence-electron chi connectivity index (χ4n) is 1.93. The zero-order chi connectivity index (χ0) is 16.7. The van der Waals surface area contributed by atoms with Crippen LogP contribution >= 0.6 is 0 Å². The van der Waals surface area contributed by atoms with E-state index >= 15 is 0 Å². The van der Waals surface area contributed by atoms with Crippen molar-refractivity contribution >= 4 is 23.3 Å². The molecule has 0 saturated carbocycles.